The van der Waals surface area contributed by atoms with Crippen LogP contribution in [0.25, 0.3) is 10.2 Å². The number of unbranched alkanes of at least 4 members (excludes halogenated alkanes) is 1. The second-order valence-electron chi connectivity index (χ2n) is 5.28. The fourth-order valence-corrected chi connectivity index (χ4v) is 3.90. The van der Waals surface area contributed by atoms with Gasteiger partial charge >= 0.3 is 0 Å². The lowest BCUT2D eigenvalue weighted by Gasteiger charge is -2.14. The van der Waals surface area contributed by atoms with Crippen LogP contribution in [0.4, 0.5) is 0 Å². The molecule has 2 aromatic heterocycles. The summed E-state index contributed by atoms with van der Waals surface area (Å²) in [5.74, 6) is 0. The lowest BCUT2D eigenvalue weighted by atomic mass is 9.94. The predicted octanol–water partition coefficient (Wildman–Crippen LogP) is 4.39. The molecule has 1 aliphatic rings. The van der Waals surface area contributed by atoms with Gasteiger partial charge in [-0.25, -0.2) is 4.98 Å². The van der Waals surface area contributed by atoms with Crippen molar-refractivity contribution >= 4 is 21.6 Å². The first kappa shape index (κ1) is 12.6. The van der Waals surface area contributed by atoms with E-state index in [4.69, 9.17) is 4.98 Å². The number of hydrogen-bond donors (Lipinski definition) is 0. The fraction of sp³-hybridized carbons (Fsp3) is 0.500. The van der Waals surface area contributed by atoms with E-state index in [9.17, 15) is 5.26 Å². The minimum atomic E-state index is 0.873. The maximum Gasteiger partial charge on any atom is 0.125 e. The molecule has 19 heavy (non-hydrogen) atoms. The first-order valence-corrected chi connectivity index (χ1v) is 7.99. The zero-order valence-electron chi connectivity index (χ0n) is 11.3. The number of rotatable bonds is 3. The standard InChI is InChI=1S/C16H18N2S/c1-2-3-7-12-13-9-11-6-4-5-8-14(11)18-16(13)19-15(12)10-17/h9H,2-8H2,1H3. The van der Waals surface area contributed by atoms with Crippen molar-refractivity contribution in [3.05, 3.63) is 27.8 Å². The van der Waals surface area contributed by atoms with Crippen LogP contribution in [0.5, 0.6) is 0 Å². The van der Waals surface area contributed by atoms with Crippen LogP contribution in [0.1, 0.15) is 54.3 Å². The van der Waals surface area contributed by atoms with Gasteiger partial charge < -0.3 is 0 Å². The zero-order valence-corrected chi connectivity index (χ0v) is 12.1. The summed E-state index contributed by atoms with van der Waals surface area (Å²) < 4.78 is 0. The molecule has 0 saturated carbocycles. The van der Waals surface area contributed by atoms with Gasteiger partial charge in [0.2, 0.25) is 0 Å². The largest absolute Gasteiger partial charge is 0.242 e. The normalized spacial score (nSPS) is 14.3. The molecule has 3 heteroatoms. The molecular weight excluding hydrogens is 252 g/mol. The summed E-state index contributed by atoms with van der Waals surface area (Å²) >= 11 is 1.57. The average Bonchev–Trinajstić information content (AvgIpc) is 2.79. The summed E-state index contributed by atoms with van der Waals surface area (Å²) in [4.78, 5) is 6.77. The van der Waals surface area contributed by atoms with Crippen LogP contribution in [0.15, 0.2) is 6.07 Å². The van der Waals surface area contributed by atoms with E-state index >= 15 is 0 Å². The Bertz CT molecular complexity index is 649. The Balaban J connectivity index is 2.14. The van der Waals surface area contributed by atoms with Crippen molar-refractivity contribution < 1.29 is 0 Å². The summed E-state index contributed by atoms with van der Waals surface area (Å²) in [5, 5.41) is 10.6. The molecule has 0 spiro atoms. The highest BCUT2D eigenvalue weighted by Gasteiger charge is 2.17. The lowest BCUT2D eigenvalue weighted by molar-refractivity contribution is 0.671. The Labute approximate surface area is 118 Å². The van der Waals surface area contributed by atoms with Gasteiger partial charge in [0.05, 0.1) is 0 Å². The van der Waals surface area contributed by atoms with Crippen molar-refractivity contribution in [1.82, 2.24) is 4.98 Å². The number of nitrogens with zero attached hydrogens (tertiary/aromatic N) is 2. The number of hydrogen-bond acceptors (Lipinski definition) is 3. The van der Waals surface area contributed by atoms with Gasteiger partial charge in [0, 0.05) is 11.1 Å². The second-order valence-corrected chi connectivity index (χ2v) is 6.28. The third kappa shape index (κ3) is 2.26. The van der Waals surface area contributed by atoms with Gasteiger partial charge in [0.15, 0.2) is 0 Å². The molecule has 1 aliphatic carbocycles. The third-order valence-corrected chi connectivity index (χ3v) is 4.99. The lowest BCUT2D eigenvalue weighted by Crippen LogP contribution is -2.04. The molecular formula is C16H18N2S. The summed E-state index contributed by atoms with van der Waals surface area (Å²) in [6.45, 7) is 2.20. The van der Waals surface area contributed by atoms with E-state index in [1.54, 1.807) is 11.3 Å². The highest BCUT2D eigenvalue weighted by atomic mass is 32.1. The van der Waals surface area contributed by atoms with E-state index in [0.29, 0.717) is 0 Å². The van der Waals surface area contributed by atoms with Crippen molar-refractivity contribution in [1.29, 1.82) is 5.26 Å². The Hall–Kier alpha value is -1.40. The van der Waals surface area contributed by atoms with E-state index < -0.39 is 0 Å². The summed E-state index contributed by atoms with van der Waals surface area (Å²) in [6.07, 6.45) is 8.13. The molecule has 2 nitrogen and oxygen atoms in total. The number of pyridine rings is 1. The molecule has 0 bridgehead atoms. The average molecular weight is 270 g/mol. The van der Waals surface area contributed by atoms with E-state index in [1.807, 2.05) is 0 Å². The van der Waals surface area contributed by atoms with Crippen LogP contribution < -0.4 is 0 Å². The number of aromatic nitrogens is 1. The molecule has 98 valence electrons. The molecule has 0 N–H and O–H groups in total. The first-order chi connectivity index (χ1) is 9.33. The highest BCUT2D eigenvalue weighted by molar-refractivity contribution is 7.19. The Kier molecular flexibility index (Phi) is 3.52. The molecule has 2 heterocycles. The molecule has 0 amide bonds. The van der Waals surface area contributed by atoms with Crippen molar-refractivity contribution in [2.45, 2.75) is 51.9 Å². The van der Waals surface area contributed by atoms with E-state index in [0.717, 1.165) is 35.4 Å². The van der Waals surface area contributed by atoms with Gasteiger partial charge in [0.1, 0.15) is 15.8 Å². The fourth-order valence-electron chi connectivity index (χ4n) is 2.88. The molecule has 0 aromatic carbocycles. The Morgan fingerprint density at radius 1 is 1.37 bits per heavy atom. The molecule has 0 fully saturated rings. The van der Waals surface area contributed by atoms with E-state index in [-0.39, 0.29) is 0 Å². The number of thiophene rings is 1. The third-order valence-electron chi connectivity index (χ3n) is 3.95. The van der Waals surface area contributed by atoms with Gasteiger partial charge in [-0.1, -0.05) is 13.3 Å². The molecule has 0 saturated heterocycles. The quantitative estimate of drug-likeness (QED) is 0.829. The van der Waals surface area contributed by atoms with E-state index in [2.05, 4.69) is 19.1 Å². The van der Waals surface area contributed by atoms with Crippen molar-refractivity contribution in [3.8, 4) is 6.07 Å². The van der Waals surface area contributed by atoms with Crippen LogP contribution in [0.2, 0.25) is 0 Å². The number of nitriles is 1. The van der Waals surface area contributed by atoms with Crippen LogP contribution in [-0.2, 0) is 19.3 Å². The topological polar surface area (TPSA) is 36.7 Å². The smallest absolute Gasteiger partial charge is 0.125 e. The second kappa shape index (κ2) is 5.30. The molecule has 0 radical (unpaired) electrons. The van der Waals surface area contributed by atoms with Crippen molar-refractivity contribution in [2.24, 2.45) is 0 Å². The Morgan fingerprint density at radius 3 is 3.00 bits per heavy atom. The van der Waals surface area contributed by atoms with Crippen molar-refractivity contribution in [3.63, 3.8) is 0 Å². The SMILES string of the molecule is CCCCc1c(C#N)sc2nc3c(cc12)CCCC3. The highest BCUT2D eigenvalue weighted by Crippen LogP contribution is 2.34. The van der Waals surface area contributed by atoms with Gasteiger partial charge in [-0.15, -0.1) is 11.3 Å². The van der Waals surface area contributed by atoms with Gasteiger partial charge in [0.25, 0.3) is 0 Å². The molecule has 3 rings (SSSR count). The van der Waals surface area contributed by atoms with Crippen LogP contribution in [0, 0.1) is 11.3 Å². The molecule has 0 atom stereocenters. The van der Waals surface area contributed by atoms with E-state index in [1.165, 1.54) is 41.5 Å². The summed E-state index contributed by atoms with van der Waals surface area (Å²) in [6, 6.07) is 4.68. The molecule has 0 aliphatic heterocycles. The molecule has 2 aromatic rings. The number of fused-ring (bicyclic) bond motifs is 2. The van der Waals surface area contributed by atoms with Crippen LogP contribution in [0.3, 0.4) is 0 Å². The first-order valence-electron chi connectivity index (χ1n) is 7.17. The summed E-state index contributed by atoms with van der Waals surface area (Å²) in [7, 11) is 0. The Morgan fingerprint density at radius 2 is 2.21 bits per heavy atom. The summed E-state index contributed by atoms with van der Waals surface area (Å²) in [5.41, 5.74) is 3.93. The minimum absolute atomic E-state index is 0.873. The maximum atomic E-state index is 9.32. The van der Waals surface area contributed by atoms with Gasteiger partial charge in [-0.05, 0) is 55.7 Å². The van der Waals surface area contributed by atoms with Crippen LogP contribution in [-0.4, -0.2) is 4.98 Å². The minimum Gasteiger partial charge on any atom is -0.242 e. The van der Waals surface area contributed by atoms with Gasteiger partial charge in [-0.2, -0.15) is 5.26 Å². The number of aryl methyl sites for hydroxylation is 3. The van der Waals surface area contributed by atoms with Crippen LogP contribution >= 0.6 is 11.3 Å². The maximum absolute atomic E-state index is 9.32. The molecule has 0 unspecified atom stereocenters. The monoisotopic (exact) mass is 270 g/mol. The zero-order chi connectivity index (χ0) is 13.2. The predicted molar refractivity (Wildman–Crippen MR) is 79.6 cm³/mol. The van der Waals surface area contributed by atoms with Crippen molar-refractivity contribution in [2.75, 3.05) is 0 Å². The van der Waals surface area contributed by atoms with Gasteiger partial charge in [-0.3, -0.25) is 0 Å².